The van der Waals surface area contributed by atoms with Gasteiger partial charge in [-0.25, -0.2) is 0 Å². The monoisotopic (exact) mass is 343 g/mol. The summed E-state index contributed by atoms with van der Waals surface area (Å²) < 4.78 is 5.79. The number of nitrogens with zero attached hydrogens (tertiary/aromatic N) is 1. The number of halogens is 1. The summed E-state index contributed by atoms with van der Waals surface area (Å²) in [6.07, 6.45) is 4.25. The minimum absolute atomic E-state index is 0.0315. The van der Waals surface area contributed by atoms with Gasteiger partial charge in [0, 0.05) is 16.8 Å². The maximum atomic E-state index is 11.0. The van der Waals surface area contributed by atoms with Gasteiger partial charge in [0.2, 0.25) is 0 Å². The van der Waals surface area contributed by atoms with Gasteiger partial charge in [0.1, 0.15) is 0 Å². The highest BCUT2D eigenvalue weighted by atomic mass is 79.9. The summed E-state index contributed by atoms with van der Waals surface area (Å²) >= 11 is 3.58. The molecule has 0 aliphatic heterocycles. The fraction of sp³-hybridized carbons (Fsp3) is 0.600. The number of hydrogen-bond acceptors (Lipinski definition) is 3. The van der Waals surface area contributed by atoms with E-state index in [1.165, 1.54) is 6.07 Å². The Morgan fingerprint density at radius 2 is 1.85 bits per heavy atom. The van der Waals surface area contributed by atoms with E-state index < -0.39 is 4.92 Å². The highest BCUT2D eigenvalue weighted by Crippen LogP contribution is 2.34. The molecule has 20 heavy (non-hydrogen) atoms. The molecule has 0 saturated carbocycles. The van der Waals surface area contributed by atoms with E-state index in [2.05, 4.69) is 29.8 Å². The van der Waals surface area contributed by atoms with E-state index in [0.717, 1.165) is 31.0 Å². The molecule has 1 rings (SSSR count). The van der Waals surface area contributed by atoms with Crippen LogP contribution in [0.25, 0.3) is 0 Å². The lowest BCUT2D eigenvalue weighted by molar-refractivity contribution is -0.386. The first-order chi connectivity index (χ1) is 9.58. The van der Waals surface area contributed by atoms with Crippen LogP contribution in [0.2, 0.25) is 0 Å². The first-order valence-electron chi connectivity index (χ1n) is 7.00. The number of ether oxygens (including phenoxy) is 1. The molecule has 4 nitrogen and oxygen atoms in total. The van der Waals surface area contributed by atoms with Crippen LogP contribution in [0, 0.1) is 15.5 Å². The molecule has 1 aromatic rings. The minimum Gasteiger partial charge on any atom is -0.486 e. The van der Waals surface area contributed by atoms with Gasteiger partial charge < -0.3 is 4.74 Å². The molecule has 0 saturated heterocycles. The molecule has 0 N–H and O–H groups in total. The topological polar surface area (TPSA) is 52.4 Å². The lowest BCUT2D eigenvalue weighted by atomic mass is 9.82. The third-order valence-electron chi connectivity index (χ3n) is 3.44. The Hall–Kier alpha value is -1.10. The Balaban J connectivity index is 2.84. The van der Waals surface area contributed by atoms with E-state index >= 15 is 0 Å². The predicted molar refractivity (Wildman–Crippen MR) is 84.6 cm³/mol. The SMILES string of the molecule is CCCC(CBr)(CCC)COc1ccccc1[N+](=O)[O-]. The van der Waals surface area contributed by atoms with Crippen molar-refractivity contribution in [2.24, 2.45) is 5.41 Å². The van der Waals surface area contributed by atoms with Crippen LogP contribution < -0.4 is 4.74 Å². The average molecular weight is 344 g/mol. The molecular formula is C15H22BrNO3. The maximum Gasteiger partial charge on any atom is 0.310 e. The molecule has 0 spiro atoms. The number of nitro benzene ring substituents is 1. The molecule has 0 amide bonds. The zero-order valence-electron chi connectivity index (χ0n) is 12.1. The van der Waals surface area contributed by atoms with E-state index in [9.17, 15) is 10.1 Å². The van der Waals surface area contributed by atoms with E-state index in [1.807, 2.05) is 0 Å². The lowest BCUT2D eigenvalue weighted by Crippen LogP contribution is -2.30. The Bertz CT molecular complexity index is 431. The second kappa shape index (κ2) is 8.25. The summed E-state index contributed by atoms with van der Waals surface area (Å²) in [5, 5.41) is 11.8. The number of hydrogen-bond donors (Lipinski definition) is 0. The molecule has 0 heterocycles. The molecule has 0 radical (unpaired) electrons. The fourth-order valence-corrected chi connectivity index (χ4v) is 3.19. The summed E-state index contributed by atoms with van der Waals surface area (Å²) in [7, 11) is 0. The molecule has 5 heteroatoms. The maximum absolute atomic E-state index is 11.0. The zero-order valence-corrected chi connectivity index (χ0v) is 13.7. The van der Waals surface area contributed by atoms with Crippen LogP contribution in [0.1, 0.15) is 39.5 Å². The van der Waals surface area contributed by atoms with E-state index in [0.29, 0.717) is 12.4 Å². The molecule has 0 bridgehead atoms. The molecule has 112 valence electrons. The van der Waals surface area contributed by atoms with Crippen molar-refractivity contribution >= 4 is 21.6 Å². The van der Waals surface area contributed by atoms with Gasteiger partial charge in [0.25, 0.3) is 0 Å². The summed E-state index contributed by atoms with van der Waals surface area (Å²) in [6.45, 7) is 4.81. The van der Waals surface area contributed by atoms with E-state index in [1.54, 1.807) is 18.2 Å². The summed E-state index contributed by atoms with van der Waals surface area (Å²) in [5.74, 6) is 0.357. The zero-order chi connectivity index (χ0) is 15.0. The first-order valence-corrected chi connectivity index (χ1v) is 8.13. The van der Waals surface area contributed by atoms with Gasteiger partial charge >= 0.3 is 5.69 Å². The normalized spacial score (nSPS) is 11.3. The van der Waals surface area contributed by atoms with Crippen LogP contribution in [-0.4, -0.2) is 16.9 Å². The van der Waals surface area contributed by atoms with Crippen LogP contribution in [0.15, 0.2) is 24.3 Å². The highest BCUT2D eigenvalue weighted by Gasteiger charge is 2.29. The fourth-order valence-electron chi connectivity index (χ4n) is 2.46. The molecule has 0 atom stereocenters. The van der Waals surface area contributed by atoms with Crippen molar-refractivity contribution in [3.8, 4) is 5.75 Å². The highest BCUT2D eigenvalue weighted by molar-refractivity contribution is 9.09. The number of nitro groups is 1. The predicted octanol–water partition coefficient (Wildman–Crippen LogP) is 4.96. The molecule has 0 fully saturated rings. The minimum atomic E-state index is -0.398. The van der Waals surface area contributed by atoms with Crippen molar-refractivity contribution in [1.29, 1.82) is 0 Å². The molecule has 0 aliphatic carbocycles. The Labute approximate surface area is 128 Å². The van der Waals surface area contributed by atoms with Crippen LogP contribution >= 0.6 is 15.9 Å². The Morgan fingerprint density at radius 1 is 1.25 bits per heavy atom. The van der Waals surface area contributed by atoms with Gasteiger partial charge in [-0.1, -0.05) is 54.8 Å². The number of alkyl halides is 1. The van der Waals surface area contributed by atoms with E-state index in [-0.39, 0.29) is 11.1 Å². The van der Waals surface area contributed by atoms with Crippen LogP contribution in [0.3, 0.4) is 0 Å². The van der Waals surface area contributed by atoms with Crippen molar-refractivity contribution in [3.05, 3.63) is 34.4 Å². The second-order valence-corrected chi connectivity index (χ2v) is 5.71. The molecule has 0 aliphatic rings. The van der Waals surface area contributed by atoms with Gasteiger partial charge in [0.15, 0.2) is 5.75 Å². The van der Waals surface area contributed by atoms with Crippen molar-refractivity contribution in [2.45, 2.75) is 39.5 Å². The second-order valence-electron chi connectivity index (χ2n) is 5.15. The quantitative estimate of drug-likeness (QED) is 0.362. The number of para-hydroxylation sites is 2. The standard InChI is InChI=1S/C15H22BrNO3/c1-3-9-15(11-16,10-4-2)12-20-14-8-6-5-7-13(14)17(18)19/h5-8H,3-4,9-12H2,1-2H3. The first kappa shape index (κ1) is 17.0. The van der Waals surface area contributed by atoms with Crippen LogP contribution in [-0.2, 0) is 0 Å². The summed E-state index contributed by atoms with van der Waals surface area (Å²) in [6, 6.07) is 6.55. The summed E-state index contributed by atoms with van der Waals surface area (Å²) in [4.78, 5) is 10.6. The smallest absolute Gasteiger partial charge is 0.310 e. The van der Waals surface area contributed by atoms with Gasteiger partial charge in [-0.15, -0.1) is 0 Å². The van der Waals surface area contributed by atoms with Gasteiger partial charge in [-0.05, 0) is 18.9 Å². The number of rotatable bonds is 9. The van der Waals surface area contributed by atoms with Crippen LogP contribution in [0.5, 0.6) is 5.75 Å². The van der Waals surface area contributed by atoms with Crippen molar-refractivity contribution in [2.75, 3.05) is 11.9 Å². The third-order valence-corrected chi connectivity index (χ3v) is 4.63. The lowest BCUT2D eigenvalue weighted by Gasteiger charge is -2.31. The van der Waals surface area contributed by atoms with Gasteiger partial charge in [0.05, 0.1) is 11.5 Å². The van der Waals surface area contributed by atoms with Gasteiger partial charge in [-0.3, -0.25) is 10.1 Å². The van der Waals surface area contributed by atoms with Crippen molar-refractivity contribution < 1.29 is 9.66 Å². The van der Waals surface area contributed by atoms with Gasteiger partial charge in [-0.2, -0.15) is 0 Å². The molecule has 0 aromatic heterocycles. The largest absolute Gasteiger partial charge is 0.486 e. The van der Waals surface area contributed by atoms with Crippen molar-refractivity contribution in [1.82, 2.24) is 0 Å². The molecule has 0 unspecified atom stereocenters. The average Bonchev–Trinajstić information content (AvgIpc) is 2.45. The summed E-state index contributed by atoms with van der Waals surface area (Å²) in [5.41, 5.74) is 0.0803. The van der Waals surface area contributed by atoms with Crippen molar-refractivity contribution in [3.63, 3.8) is 0 Å². The number of benzene rings is 1. The Morgan fingerprint density at radius 3 is 2.35 bits per heavy atom. The van der Waals surface area contributed by atoms with Crippen LogP contribution in [0.4, 0.5) is 5.69 Å². The Kier molecular flexibility index (Phi) is 6.99. The molecule has 1 aromatic carbocycles. The molecular weight excluding hydrogens is 322 g/mol. The third kappa shape index (κ3) is 4.47. The van der Waals surface area contributed by atoms with E-state index in [4.69, 9.17) is 4.74 Å².